The van der Waals surface area contributed by atoms with Gasteiger partial charge in [0.2, 0.25) is 0 Å². The minimum atomic E-state index is -0.951. The molecule has 1 aromatic carbocycles. The summed E-state index contributed by atoms with van der Waals surface area (Å²) in [6.07, 6.45) is 1.39. The van der Waals surface area contributed by atoms with Crippen molar-refractivity contribution in [1.82, 2.24) is 9.78 Å². The highest BCUT2D eigenvalue weighted by Crippen LogP contribution is 2.26. The molecular formula is C14H16N2O2. The van der Waals surface area contributed by atoms with Crippen LogP contribution in [-0.4, -0.2) is 20.9 Å². The highest BCUT2D eigenvalue weighted by Gasteiger charge is 2.17. The van der Waals surface area contributed by atoms with Gasteiger partial charge in [-0.1, -0.05) is 32.0 Å². The molecule has 0 fully saturated rings. The van der Waals surface area contributed by atoms with Crippen LogP contribution in [0.25, 0.3) is 11.3 Å². The first-order valence-electron chi connectivity index (χ1n) is 5.86. The summed E-state index contributed by atoms with van der Waals surface area (Å²) >= 11 is 0. The number of aromatic carboxylic acids is 1. The average molecular weight is 244 g/mol. The standard InChI is InChI=1S/C14H16N2O2/c1-9(2)10-5-4-6-11(7-10)13-12(14(17)18)8-15-16(13)3/h4-9H,1-3H3,(H,17,18). The topological polar surface area (TPSA) is 55.1 Å². The van der Waals surface area contributed by atoms with Crippen molar-refractivity contribution in [2.75, 3.05) is 0 Å². The van der Waals surface area contributed by atoms with E-state index < -0.39 is 5.97 Å². The van der Waals surface area contributed by atoms with Crippen LogP contribution in [-0.2, 0) is 7.05 Å². The molecule has 0 aliphatic rings. The zero-order chi connectivity index (χ0) is 13.3. The van der Waals surface area contributed by atoms with Crippen molar-refractivity contribution in [3.63, 3.8) is 0 Å². The van der Waals surface area contributed by atoms with E-state index in [0.717, 1.165) is 5.56 Å². The molecule has 1 N–H and O–H groups in total. The number of hydrogen-bond donors (Lipinski definition) is 1. The Labute approximate surface area is 106 Å². The van der Waals surface area contributed by atoms with E-state index in [1.165, 1.54) is 11.8 Å². The van der Waals surface area contributed by atoms with Gasteiger partial charge in [0.05, 0.1) is 11.9 Å². The molecule has 2 aromatic rings. The minimum absolute atomic E-state index is 0.235. The van der Waals surface area contributed by atoms with Gasteiger partial charge in [-0.05, 0) is 17.5 Å². The van der Waals surface area contributed by atoms with Gasteiger partial charge in [-0.25, -0.2) is 4.79 Å². The minimum Gasteiger partial charge on any atom is -0.478 e. The maximum Gasteiger partial charge on any atom is 0.339 e. The highest BCUT2D eigenvalue weighted by atomic mass is 16.4. The van der Waals surface area contributed by atoms with Crippen LogP contribution in [0.1, 0.15) is 35.7 Å². The fourth-order valence-electron chi connectivity index (χ4n) is 1.98. The second-order valence-corrected chi connectivity index (χ2v) is 4.62. The molecule has 0 unspecified atom stereocenters. The van der Waals surface area contributed by atoms with Gasteiger partial charge in [0, 0.05) is 12.6 Å². The molecule has 0 spiro atoms. The van der Waals surface area contributed by atoms with Gasteiger partial charge in [0.15, 0.2) is 0 Å². The van der Waals surface area contributed by atoms with Gasteiger partial charge in [-0.2, -0.15) is 5.10 Å². The number of rotatable bonds is 3. The molecule has 0 aliphatic carbocycles. The summed E-state index contributed by atoms with van der Waals surface area (Å²) in [5.41, 5.74) is 2.95. The largest absolute Gasteiger partial charge is 0.478 e. The Morgan fingerprint density at radius 1 is 1.39 bits per heavy atom. The molecular weight excluding hydrogens is 228 g/mol. The van der Waals surface area contributed by atoms with Gasteiger partial charge in [-0.3, -0.25) is 4.68 Å². The van der Waals surface area contributed by atoms with Crippen LogP contribution < -0.4 is 0 Å². The molecule has 2 rings (SSSR count). The number of benzene rings is 1. The Morgan fingerprint density at radius 2 is 2.11 bits per heavy atom. The van der Waals surface area contributed by atoms with Crippen LogP contribution in [0.2, 0.25) is 0 Å². The molecule has 1 aromatic heterocycles. The van der Waals surface area contributed by atoms with Crippen LogP contribution >= 0.6 is 0 Å². The zero-order valence-electron chi connectivity index (χ0n) is 10.7. The van der Waals surface area contributed by atoms with Crippen molar-refractivity contribution in [2.45, 2.75) is 19.8 Å². The molecule has 0 saturated heterocycles. The Kier molecular flexibility index (Phi) is 3.19. The quantitative estimate of drug-likeness (QED) is 0.903. The molecule has 0 atom stereocenters. The average Bonchev–Trinajstić information content (AvgIpc) is 2.71. The summed E-state index contributed by atoms with van der Waals surface area (Å²) in [5.74, 6) is -0.542. The van der Waals surface area contributed by atoms with Crippen LogP contribution in [0.4, 0.5) is 0 Å². The first-order chi connectivity index (χ1) is 8.50. The van der Waals surface area contributed by atoms with Crippen molar-refractivity contribution in [3.8, 4) is 11.3 Å². The number of carboxylic acids is 1. The zero-order valence-corrected chi connectivity index (χ0v) is 10.7. The highest BCUT2D eigenvalue weighted by molar-refractivity contribution is 5.94. The van der Waals surface area contributed by atoms with E-state index in [9.17, 15) is 4.79 Å². The van der Waals surface area contributed by atoms with E-state index in [1.807, 2.05) is 24.3 Å². The molecule has 0 bridgehead atoms. The van der Waals surface area contributed by atoms with Gasteiger partial charge >= 0.3 is 5.97 Å². The summed E-state index contributed by atoms with van der Waals surface area (Å²) in [5, 5.41) is 13.2. The first kappa shape index (κ1) is 12.4. The van der Waals surface area contributed by atoms with Crippen molar-refractivity contribution >= 4 is 5.97 Å². The predicted molar refractivity (Wildman–Crippen MR) is 69.7 cm³/mol. The smallest absolute Gasteiger partial charge is 0.339 e. The molecule has 0 radical (unpaired) electrons. The van der Waals surface area contributed by atoms with Crippen LogP contribution in [0.15, 0.2) is 30.5 Å². The number of nitrogens with zero attached hydrogens (tertiary/aromatic N) is 2. The Hall–Kier alpha value is -2.10. The fraction of sp³-hybridized carbons (Fsp3) is 0.286. The van der Waals surface area contributed by atoms with Gasteiger partial charge in [0.1, 0.15) is 5.56 Å². The lowest BCUT2D eigenvalue weighted by molar-refractivity contribution is 0.0697. The van der Waals surface area contributed by atoms with Crippen molar-refractivity contribution in [3.05, 3.63) is 41.6 Å². The summed E-state index contributed by atoms with van der Waals surface area (Å²) in [6.45, 7) is 4.22. The van der Waals surface area contributed by atoms with Crippen LogP contribution in [0, 0.1) is 0 Å². The number of aromatic nitrogens is 2. The third-order valence-electron chi connectivity index (χ3n) is 3.00. The Balaban J connectivity index is 2.58. The second kappa shape index (κ2) is 4.64. The monoisotopic (exact) mass is 244 g/mol. The SMILES string of the molecule is CC(C)c1cccc(-c2c(C(=O)O)cnn2C)c1. The first-order valence-corrected chi connectivity index (χ1v) is 5.86. The normalized spacial score (nSPS) is 10.9. The summed E-state index contributed by atoms with van der Waals surface area (Å²) in [4.78, 5) is 11.2. The van der Waals surface area contributed by atoms with Crippen molar-refractivity contribution in [1.29, 1.82) is 0 Å². The van der Waals surface area contributed by atoms with Crippen LogP contribution in [0.3, 0.4) is 0 Å². The van der Waals surface area contributed by atoms with E-state index in [4.69, 9.17) is 5.11 Å². The second-order valence-electron chi connectivity index (χ2n) is 4.62. The fourth-order valence-corrected chi connectivity index (χ4v) is 1.98. The number of carboxylic acid groups (broad SMARTS) is 1. The summed E-state index contributed by atoms with van der Waals surface area (Å²) in [7, 11) is 1.75. The number of aryl methyl sites for hydroxylation is 1. The lowest BCUT2D eigenvalue weighted by atomic mass is 9.98. The van der Waals surface area contributed by atoms with E-state index in [0.29, 0.717) is 11.6 Å². The molecule has 0 saturated carbocycles. The van der Waals surface area contributed by atoms with Crippen molar-refractivity contribution < 1.29 is 9.90 Å². The molecule has 0 aliphatic heterocycles. The Bertz CT molecular complexity index is 585. The molecule has 1 heterocycles. The summed E-state index contributed by atoms with van der Waals surface area (Å²) in [6, 6.07) is 7.93. The maximum atomic E-state index is 11.2. The Morgan fingerprint density at radius 3 is 2.72 bits per heavy atom. The number of hydrogen-bond acceptors (Lipinski definition) is 2. The van der Waals surface area contributed by atoms with Crippen molar-refractivity contribution in [2.24, 2.45) is 7.05 Å². The third kappa shape index (κ3) is 2.14. The van der Waals surface area contributed by atoms with E-state index in [-0.39, 0.29) is 5.56 Å². The summed E-state index contributed by atoms with van der Waals surface area (Å²) < 4.78 is 1.60. The van der Waals surface area contributed by atoms with Gasteiger partial charge in [-0.15, -0.1) is 0 Å². The van der Waals surface area contributed by atoms with Crippen LogP contribution in [0.5, 0.6) is 0 Å². The number of carbonyl (C=O) groups is 1. The van der Waals surface area contributed by atoms with Gasteiger partial charge in [0.25, 0.3) is 0 Å². The predicted octanol–water partition coefficient (Wildman–Crippen LogP) is 2.91. The lowest BCUT2D eigenvalue weighted by Crippen LogP contribution is -2.01. The molecule has 4 heteroatoms. The van der Waals surface area contributed by atoms with E-state index in [1.54, 1.807) is 11.7 Å². The van der Waals surface area contributed by atoms with Gasteiger partial charge < -0.3 is 5.11 Å². The molecule has 94 valence electrons. The van der Waals surface area contributed by atoms with E-state index >= 15 is 0 Å². The maximum absolute atomic E-state index is 11.2. The molecule has 4 nitrogen and oxygen atoms in total. The van der Waals surface area contributed by atoms with E-state index in [2.05, 4.69) is 18.9 Å². The molecule has 18 heavy (non-hydrogen) atoms. The third-order valence-corrected chi connectivity index (χ3v) is 3.00. The lowest BCUT2D eigenvalue weighted by Gasteiger charge is -2.09. The molecule has 0 amide bonds.